The van der Waals surface area contributed by atoms with Gasteiger partial charge in [0, 0.05) is 37.2 Å². The Hall–Kier alpha value is -1.52. The highest BCUT2D eigenvalue weighted by Gasteiger charge is 2.20. The molecule has 0 radical (unpaired) electrons. The molecule has 1 fully saturated rings. The molecule has 1 heterocycles. The molecule has 22 heavy (non-hydrogen) atoms. The number of hydrogen-bond donors (Lipinski definition) is 2. The fourth-order valence-corrected chi connectivity index (χ4v) is 2.76. The van der Waals surface area contributed by atoms with Crippen LogP contribution in [0.4, 0.5) is 4.79 Å². The molecular weight excluding hydrogens is 298 g/mol. The minimum atomic E-state index is -0.103. The fourth-order valence-electron chi connectivity index (χ4n) is 2.64. The minimum Gasteiger partial charge on any atom is -0.335 e. The van der Waals surface area contributed by atoms with E-state index in [4.69, 9.17) is 11.6 Å². The molecule has 0 saturated carbocycles. The van der Waals surface area contributed by atoms with Gasteiger partial charge in [-0.1, -0.05) is 35.9 Å². The number of likely N-dealkylation sites (tertiary alicyclic amines) is 1. The van der Waals surface area contributed by atoms with Crippen LogP contribution in [-0.2, 0) is 6.54 Å². The van der Waals surface area contributed by atoms with Crippen LogP contribution in [0.25, 0.3) is 0 Å². The lowest BCUT2D eigenvalue weighted by atomic mass is 10.0. The van der Waals surface area contributed by atoms with Crippen LogP contribution in [0.1, 0.15) is 25.3 Å². The summed E-state index contributed by atoms with van der Waals surface area (Å²) in [6, 6.07) is 7.64. The van der Waals surface area contributed by atoms with Crippen molar-refractivity contribution in [3.63, 3.8) is 0 Å². The normalized spacial score (nSPS) is 16.3. The lowest BCUT2D eigenvalue weighted by Gasteiger charge is -2.32. The molecule has 0 aliphatic carbocycles. The van der Waals surface area contributed by atoms with Crippen LogP contribution in [0, 0.1) is 0 Å². The maximum absolute atomic E-state index is 11.9. The summed E-state index contributed by atoms with van der Waals surface area (Å²) < 4.78 is 0. The molecule has 1 aliphatic rings. The maximum atomic E-state index is 11.9. The largest absolute Gasteiger partial charge is 0.335 e. The molecule has 4 nitrogen and oxygen atoms in total. The second-order valence-electron chi connectivity index (χ2n) is 5.96. The van der Waals surface area contributed by atoms with Gasteiger partial charge in [0.2, 0.25) is 0 Å². The van der Waals surface area contributed by atoms with Crippen molar-refractivity contribution < 1.29 is 4.79 Å². The average molecular weight is 322 g/mol. The predicted octanol–water partition coefficient (Wildman–Crippen LogP) is 3.18. The Balaban J connectivity index is 1.67. The van der Waals surface area contributed by atoms with E-state index in [0.29, 0.717) is 11.6 Å². The highest BCUT2D eigenvalue weighted by Crippen LogP contribution is 2.12. The van der Waals surface area contributed by atoms with Gasteiger partial charge in [0.15, 0.2) is 0 Å². The van der Waals surface area contributed by atoms with Crippen molar-refractivity contribution in [3.05, 3.63) is 47.0 Å². The van der Waals surface area contributed by atoms with E-state index >= 15 is 0 Å². The van der Waals surface area contributed by atoms with Crippen molar-refractivity contribution in [1.29, 1.82) is 0 Å². The van der Waals surface area contributed by atoms with E-state index in [9.17, 15) is 4.79 Å². The summed E-state index contributed by atoms with van der Waals surface area (Å²) in [6.45, 7) is 9.48. The molecule has 0 aromatic heterocycles. The number of benzene rings is 1. The van der Waals surface area contributed by atoms with Crippen molar-refractivity contribution in [2.45, 2.75) is 32.4 Å². The van der Waals surface area contributed by atoms with E-state index in [-0.39, 0.29) is 12.1 Å². The van der Waals surface area contributed by atoms with Crippen molar-refractivity contribution >= 4 is 17.6 Å². The number of urea groups is 1. The van der Waals surface area contributed by atoms with Crippen LogP contribution in [0.3, 0.4) is 0 Å². The Kier molecular flexibility index (Phi) is 6.28. The average Bonchev–Trinajstić information content (AvgIpc) is 2.48. The molecule has 0 spiro atoms. The van der Waals surface area contributed by atoms with E-state index < -0.39 is 0 Å². The Bertz CT molecular complexity index is 507. The van der Waals surface area contributed by atoms with Gasteiger partial charge in [-0.2, -0.15) is 0 Å². The number of halogens is 1. The zero-order valence-electron chi connectivity index (χ0n) is 13.1. The standard InChI is InChI=1S/C17H24ClN3O/c1-13(2)12-21-9-7-16(8-10-21)20-17(22)19-11-14-3-5-15(18)6-4-14/h3-6,16H,1,7-12H2,2H3,(H2,19,20,22). The third-order valence-corrected chi connectivity index (χ3v) is 4.03. The lowest BCUT2D eigenvalue weighted by molar-refractivity contribution is 0.201. The molecule has 2 N–H and O–H groups in total. The van der Waals surface area contributed by atoms with E-state index in [1.165, 1.54) is 5.57 Å². The summed E-state index contributed by atoms with van der Waals surface area (Å²) in [7, 11) is 0. The molecule has 0 bridgehead atoms. The smallest absolute Gasteiger partial charge is 0.315 e. The number of carbonyl (C=O) groups is 1. The van der Waals surface area contributed by atoms with Gasteiger partial charge in [-0.15, -0.1) is 0 Å². The molecule has 0 unspecified atom stereocenters. The molecule has 120 valence electrons. The first kappa shape index (κ1) is 16.8. The topological polar surface area (TPSA) is 44.4 Å². The summed E-state index contributed by atoms with van der Waals surface area (Å²) >= 11 is 5.84. The zero-order chi connectivity index (χ0) is 15.9. The Morgan fingerprint density at radius 2 is 1.95 bits per heavy atom. The molecule has 2 rings (SSSR count). The first-order valence-electron chi connectivity index (χ1n) is 7.68. The highest BCUT2D eigenvalue weighted by molar-refractivity contribution is 6.30. The number of rotatable bonds is 5. The van der Waals surface area contributed by atoms with E-state index in [1.54, 1.807) is 0 Å². The number of piperidine rings is 1. The SMILES string of the molecule is C=C(C)CN1CCC(NC(=O)NCc2ccc(Cl)cc2)CC1. The maximum Gasteiger partial charge on any atom is 0.315 e. The minimum absolute atomic E-state index is 0.103. The first-order valence-corrected chi connectivity index (χ1v) is 8.06. The van der Waals surface area contributed by atoms with Crippen molar-refractivity contribution in [1.82, 2.24) is 15.5 Å². The van der Waals surface area contributed by atoms with E-state index in [2.05, 4.69) is 29.0 Å². The quantitative estimate of drug-likeness (QED) is 0.818. The fraction of sp³-hybridized carbons (Fsp3) is 0.471. The number of hydrogen-bond acceptors (Lipinski definition) is 2. The second-order valence-corrected chi connectivity index (χ2v) is 6.40. The van der Waals surface area contributed by atoms with Gasteiger partial charge in [-0.05, 0) is 37.5 Å². The van der Waals surface area contributed by atoms with Crippen LogP contribution < -0.4 is 10.6 Å². The van der Waals surface area contributed by atoms with Gasteiger partial charge in [-0.25, -0.2) is 4.79 Å². The van der Waals surface area contributed by atoms with Gasteiger partial charge in [0.05, 0.1) is 0 Å². The monoisotopic (exact) mass is 321 g/mol. The summed E-state index contributed by atoms with van der Waals surface area (Å²) in [5.41, 5.74) is 2.22. The molecule has 1 aromatic rings. The summed E-state index contributed by atoms with van der Waals surface area (Å²) in [5.74, 6) is 0. The summed E-state index contributed by atoms with van der Waals surface area (Å²) in [4.78, 5) is 14.3. The van der Waals surface area contributed by atoms with Crippen LogP contribution >= 0.6 is 11.6 Å². The van der Waals surface area contributed by atoms with Crippen LogP contribution in [0.15, 0.2) is 36.4 Å². The molecule has 0 atom stereocenters. The van der Waals surface area contributed by atoms with Gasteiger partial charge in [-0.3, -0.25) is 4.90 Å². The zero-order valence-corrected chi connectivity index (χ0v) is 13.8. The van der Waals surface area contributed by atoms with Gasteiger partial charge < -0.3 is 10.6 Å². The first-order chi connectivity index (χ1) is 10.5. The summed E-state index contributed by atoms with van der Waals surface area (Å²) in [6.07, 6.45) is 1.98. The van der Waals surface area contributed by atoms with E-state index in [0.717, 1.165) is 38.0 Å². The lowest BCUT2D eigenvalue weighted by Crippen LogP contribution is -2.47. The number of nitrogens with one attached hydrogen (secondary N) is 2. The number of carbonyl (C=O) groups excluding carboxylic acids is 1. The van der Waals surface area contributed by atoms with Gasteiger partial charge in [0.25, 0.3) is 0 Å². The van der Waals surface area contributed by atoms with Crippen molar-refractivity contribution in [2.24, 2.45) is 0 Å². The molecule has 1 aliphatic heterocycles. The number of amides is 2. The van der Waals surface area contributed by atoms with Gasteiger partial charge >= 0.3 is 6.03 Å². The third-order valence-electron chi connectivity index (χ3n) is 3.78. The predicted molar refractivity (Wildman–Crippen MR) is 91.1 cm³/mol. The highest BCUT2D eigenvalue weighted by atomic mass is 35.5. The van der Waals surface area contributed by atoms with Crippen molar-refractivity contribution in [2.75, 3.05) is 19.6 Å². The second kappa shape index (κ2) is 8.20. The Morgan fingerprint density at radius 3 is 2.55 bits per heavy atom. The van der Waals surface area contributed by atoms with Crippen LogP contribution in [-0.4, -0.2) is 36.6 Å². The van der Waals surface area contributed by atoms with Gasteiger partial charge in [0.1, 0.15) is 0 Å². The molecule has 1 saturated heterocycles. The third kappa shape index (κ3) is 5.70. The molecular formula is C17H24ClN3O. The van der Waals surface area contributed by atoms with E-state index in [1.807, 2.05) is 24.3 Å². The van der Waals surface area contributed by atoms with Crippen molar-refractivity contribution in [3.8, 4) is 0 Å². The Labute approximate surface area is 137 Å². The molecule has 5 heteroatoms. The number of nitrogens with zero attached hydrogens (tertiary/aromatic N) is 1. The van der Waals surface area contributed by atoms with Crippen LogP contribution in [0.2, 0.25) is 5.02 Å². The summed E-state index contributed by atoms with van der Waals surface area (Å²) in [5, 5.41) is 6.64. The van der Waals surface area contributed by atoms with Crippen LogP contribution in [0.5, 0.6) is 0 Å². The molecule has 1 aromatic carbocycles. The Morgan fingerprint density at radius 1 is 1.32 bits per heavy atom. The molecule has 2 amide bonds.